The molecule has 0 amide bonds. The van der Waals surface area contributed by atoms with Gasteiger partial charge in [-0.15, -0.1) is 0 Å². The van der Waals surface area contributed by atoms with Gasteiger partial charge in [0.15, 0.2) is 0 Å². The molecule has 2 rings (SSSR count). The lowest BCUT2D eigenvalue weighted by Crippen LogP contribution is -2.53. The van der Waals surface area contributed by atoms with Crippen molar-refractivity contribution in [2.24, 2.45) is 0 Å². The van der Waals surface area contributed by atoms with Crippen molar-refractivity contribution < 1.29 is 22.1 Å². The Bertz CT molecular complexity index is 385. The fraction of sp³-hybridized carbons (Fsp3) is 0.889. The lowest BCUT2D eigenvalue weighted by Gasteiger charge is -2.32. The molecule has 0 aromatic heterocycles. The van der Waals surface area contributed by atoms with Crippen LogP contribution in [0.1, 0.15) is 25.7 Å². The first-order valence-corrected chi connectivity index (χ1v) is 6.65. The summed E-state index contributed by atoms with van der Waals surface area (Å²) in [7, 11) is -2.47. The molecule has 0 radical (unpaired) electrons. The van der Waals surface area contributed by atoms with E-state index >= 15 is 0 Å². The second-order valence-electron chi connectivity index (χ2n) is 4.08. The summed E-state index contributed by atoms with van der Waals surface area (Å²) in [5.41, 5.74) is -1.02. The minimum Gasteiger partial charge on any atom is -0.468 e. The van der Waals surface area contributed by atoms with Crippen LogP contribution in [0.25, 0.3) is 0 Å². The molecule has 0 aromatic rings. The quantitative estimate of drug-likeness (QED) is 0.646. The first-order chi connectivity index (χ1) is 7.53. The van der Waals surface area contributed by atoms with Gasteiger partial charge in [-0.25, -0.2) is 0 Å². The zero-order chi connectivity index (χ0) is 11.8. The second kappa shape index (κ2) is 3.97. The highest BCUT2D eigenvalue weighted by molar-refractivity contribution is 7.84. The van der Waals surface area contributed by atoms with Crippen LogP contribution in [0.4, 0.5) is 0 Å². The van der Waals surface area contributed by atoms with Crippen LogP contribution in [0.15, 0.2) is 0 Å². The van der Waals surface area contributed by atoms with E-state index in [0.717, 1.165) is 12.8 Å². The summed E-state index contributed by atoms with van der Waals surface area (Å²) in [6, 6.07) is 0. The number of hydrogen-bond acceptors (Lipinski definition) is 5. The largest absolute Gasteiger partial charge is 0.468 e. The average Bonchev–Trinajstić information content (AvgIpc) is 2.83. The summed E-state index contributed by atoms with van der Waals surface area (Å²) >= 11 is 0. The number of carbonyl (C=O) groups is 1. The van der Waals surface area contributed by atoms with E-state index in [-0.39, 0.29) is 13.2 Å². The summed E-state index contributed by atoms with van der Waals surface area (Å²) in [6.07, 6.45) is 2.70. The van der Waals surface area contributed by atoms with Gasteiger partial charge in [0.1, 0.15) is 5.54 Å². The highest BCUT2D eigenvalue weighted by Gasteiger charge is 2.54. The van der Waals surface area contributed by atoms with Crippen molar-refractivity contribution >= 4 is 16.3 Å². The standard InChI is InChI=1S/C9H15NO5S/c1-14-8(11)9(4-2-3-5-9)10-6-7-15-16(10,12)13/h2-7H2,1H3. The summed E-state index contributed by atoms with van der Waals surface area (Å²) < 4.78 is 33.9. The molecule has 7 heteroatoms. The van der Waals surface area contributed by atoms with E-state index in [1.54, 1.807) is 0 Å². The van der Waals surface area contributed by atoms with Crippen molar-refractivity contribution in [1.82, 2.24) is 4.31 Å². The predicted octanol–water partition coefficient (Wildman–Crippen LogP) is 0.0492. The van der Waals surface area contributed by atoms with Crippen molar-refractivity contribution in [2.45, 2.75) is 31.2 Å². The zero-order valence-electron chi connectivity index (χ0n) is 9.14. The maximum Gasteiger partial charge on any atom is 0.339 e. The molecule has 0 spiro atoms. The fourth-order valence-electron chi connectivity index (χ4n) is 2.53. The molecule has 1 aliphatic carbocycles. The summed E-state index contributed by atoms with van der Waals surface area (Å²) in [5.74, 6) is -0.473. The van der Waals surface area contributed by atoms with Gasteiger partial charge in [-0.1, -0.05) is 12.8 Å². The lowest BCUT2D eigenvalue weighted by molar-refractivity contribution is -0.151. The molecule has 2 aliphatic rings. The summed E-state index contributed by atoms with van der Waals surface area (Å²) in [6.45, 7) is 0.346. The Balaban J connectivity index is 2.37. The number of nitrogens with zero attached hydrogens (tertiary/aromatic N) is 1. The normalized spacial score (nSPS) is 28.1. The summed E-state index contributed by atoms with van der Waals surface area (Å²) in [5, 5.41) is 0. The smallest absolute Gasteiger partial charge is 0.339 e. The number of ether oxygens (including phenoxy) is 1. The average molecular weight is 249 g/mol. The van der Waals surface area contributed by atoms with Gasteiger partial charge in [0.25, 0.3) is 0 Å². The van der Waals surface area contributed by atoms with Crippen molar-refractivity contribution in [3.63, 3.8) is 0 Å². The van der Waals surface area contributed by atoms with Gasteiger partial charge < -0.3 is 4.74 Å². The van der Waals surface area contributed by atoms with Gasteiger partial charge in [-0.3, -0.25) is 8.98 Å². The topological polar surface area (TPSA) is 72.9 Å². The Morgan fingerprint density at radius 2 is 2.00 bits per heavy atom. The Kier molecular flexibility index (Phi) is 2.93. The van der Waals surface area contributed by atoms with Gasteiger partial charge in [0, 0.05) is 6.54 Å². The minimum atomic E-state index is -3.75. The van der Waals surface area contributed by atoms with Crippen molar-refractivity contribution in [2.75, 3.05) is 20.3 Å². The number of rotatable bonds is 2. The first kappa shape index (κ1) is 11.8. The van der Waals surface area contributed by atoms with E-state index in [1.807, 2.05) is 0 Å². The molecule has 1 aliphatic heterocycles. The van der Waals surface area contributed by atoms with Crippen molar-refractivity contribution in [3.8, 4) is 0 Å². The molecule has 0 aromatic carbocycles. The Morgan fingerprint density at radius 3 is 2.44 bits per heavy atom. The van der Waals surface area contributed by atoms with Crippen molar-refractivity contribution in [3.05, 3.63) is 0 Å². The number of esters is 1. The van der Waals surface area contributed by atoms with Crippen LogP contribution in [0.2, 0.25) is 0 Å². The molecule has 1 saturated heterocycles. The molecule has 0 N–H and O–H groups in total. The maximum atomic E-state index is 11.8. The molecular weight excluding hydrogens is 234 g/mol. The molecule has 16 heavy (non-hydrogen) atoms. The minimum absolute atomic E-state index is 0.112. The van der Waals surface area contributed by atoms with Crippen LogP contribution in [0.5, 0.6) is 0 Å². The Morgan fingerprint density at radius 1 is 1.38 bits per heavy atom. The van der Waals surface area contributed by atoms with E-state index in [2.05, 4.69) is 4.18 Å². The fourth-order valence-corrected chi connectivity index (χ4v) is 3.93. The second-order valence-corrected chi connectivity index (χ2v) is 5.61. The van der Waals surface area contributed by atoms with E-state index in [4.69, 9.17) is 4.74 Å². The SMILES string of the molecule is COC(=O)C1(N2CCOS2(=O)=O)CCCC1. The summed E-state index contributed by atoms with van der Waals surface area (Å²) in [4.78, 5) is 11.8. The highest BCUT2D eigenvalue weighted by Crippen LogP contribution is 2.39. The Hall–Kier alpha value is -0.660. The van der Waals surface area contributed by atoms with E-state index in [1.165, 1.54) is 11.4 Å². The molecular formula is C9H15NO5S. The van der Waals surface area contributed by atoms with Crippen LogP contribution in [0, 0.1) is 0 Å². The van der Waals surface area contributed by atoms with E-state index < -0.39 is 21.8 Å². The van der Waals surface area contributed by atoms with E-state index in [9.17, 15) is 13.2 Å². The van der Waals surface area contributed by atoms with Crippen LogP contribution in [-0.4, -0.2) is 44.5 Å². The predicted molar refractivity (Wildman–Crippen MR) is 54.8 cm³/mol. The first-order valence-electron chi connectivity index (χ1n) is 5.28. The molecule has 92 valence electrons. The zero-order valence-corrected chi connectivity index (χ0v) is 9.96. The van der Waals surface area contributed by atoms with Gasteiger partial charge in [0.05, 0.1) is 13.7 Å². The van der Waals surface area contributed by atoms with E-state index in [0.29, 0.717) is 12.8 Å². The number of methoxy groups -OCH3 is 1. The number of hydrogen-bond donors (Lipinski definition) is 0. The van der Waals surface area contributed by atoms with Gasteiger partial charge in [0.2, 0.25) is 0 Å². The van der Waals surface area contributed by atoms with Crippen molar-refractivity contribution in [1.29, 1.82) is 0 Å². The van der Waals surface area contributed by atoms with Gasteiger partial charge in [-0.2, -0.15) is 12.7 Å². The maximum absolute atomic E-state index is 11.8. The molecule has 6 nitrogen and oxygen atoms in total. The van der Waals surface area contributed by atoms with Crippen LogP contribution in [0.3, 0.4) is 0 Å². The number of carbonyl (C=O) groups excluding carboxylic acids is 1. The molecule has 0 bridgehead atoms. The molecule has 1 saturated carbocycles. The highest BCUT2D eigenvalue weighted by atomic mass is 32.2. The van der Waals surface area contributed by atoms with Gasteiger partial charge >= 0.3 is 16.3 Å². The monoisotopic (exact) mass is 249 g/mol. The third-order valence-electron chi connectivity index (χ3n) is 3.27. The third kappa shape index (κ3) is 1.63. The van der Waals surface area contributed by atoms with Gasteiger partial charge in [-0.05, 0) is 12.8 Å². The molecule has 2 fully saturated rings. The third-order valence-corrected chi connectivity index (χ3v) is 4.81. The lowest BCUT2D eigenvalue weighted by atomic mass is 9.98. The van der Waals surface area contributed by atoms with Crippen LogP contribution < -0.4 is 0 Å². The molecule has 0 unspecified atom stereocenters. The molecule has 1 heterocycles. The molecule has 0 atom stereocenters. The van der Waals surface area contributed by atoms with Crippen LogP contribution >= 0.6 is 0 Å². The Labute approximate surface area is 94.8 Å². The van der Waals surface area contributed by atoms with Crippen LogP contribution in [-0.2, 0) is 24.0 Å².